The predicted octanol–water partition coefficient (Wildman–Crippen LogP) is 2.93. The molecule has 6 heteroatoms. The number of ether oxygens (including phenoxy) is 1. The van der Waals surface area contributed by atoms with E-state index in [0.29, 0.717) is 5.56 Å². The lowest BCUT2D eigenvalue weighted by Crippen LogP contribution is -2.33. The molecule has 0 aliphatic heterocycles. The minimum Gasteiger partial charge on any atom is -0.491 e. The van der Waals surface area contributed by atoms with Gasteiger partial charge < -0.3 is 15.2 Å². The standard InChI is InChI=1S/C18H18F2N2O2/c1-12(14-4-2-3-13(7-14)9-21)22-10-15(23)11-24-16-5-6-17(19)18(20)8-16/h2-8,12,15,22-23H,10-11H2,1H3. The van der Waals surface area contributed by atoms with Gasteiger partial charge in [0.05, 0.1) is 11.6 Å². The van der Waals surface area contributed by atoms with E-state index >= 15 is 0 Å². The quantitative estimate of drug-likeness (QED) is 0.818. The summed E-state index contributed by atoms with van der Waals surface area (Å²) in [4.78, 5) is 0. The van der Waals surface area contributed by atoms with E-state index in [1.165, 1.54) is 6.07 Å². The highest BCUT2D eigenvalue weighted by molar-refractivity contribution is 5.34. The van der Waals surface area contributed by atoms with Crippen molar-refractivity contribution in [3.63, 3.8) is 0 Å². The summed E-state index contributed by atoms with van der Waals surface area (Å²) in [5, 5.41) is 22.0. The van der Waals surface area contributed by atoms with Gasteiger partial charge in [0, 0.05) is 18.7 Å². The molecule has 24 heavy (non-hydrogen) atoms. The minimum atomic E-state index is -0.994. The third kappa shape index (κ3) is 5.01. The highest BCUT2D eigenvalue weighted by Crippen LogP contribution is 2.16. The van der Waals surface area contributed by atoms with Gasteiger partial charge in [0.1, 0.15) is 18.5 Å². The van der Waals surface area contributed by atoms with Crippen LogP contribution in [0.15, 0.2) is 42.5 Å². The SMILES string of the molecule is CC(NCC(O)COc1ccc(F)c(F)c1)c1cccc(C#N)c1. The Morgan fingerprint density at radius 2 is 2.00 bits per heavy atom. The molecule has 2 unspecified atom stereocenters. The van der Waals surface area contributed by atoms with Crippen molar-refractivity contribution in [3.8, 4) is 11.8 Å². The average molecular weight is 332 g/mol. The number of aliphatic hydroxyl groups is 1. The van der Waals surface area contributed by atoms with Crippen LogP contribution in [0, 0.1) is 23.0 Å². The molecule has 0 fully saturated rings. The molecule has 0 amide bonds. The number of nitrogens with one attached hydrogen (secondary N) is 1. The predicted molar refractivity (Wildman–Crippen MR) is 85.4 cm³/mol. The van der Waals surface area contributed by atoms with Crippen molar-refractivity contribution < 1.29 is 18.6 Å². The maximum atomic E-state index is 13.1. The Kier molecular flexibility index (Phi) is 6.24. The van der Waals surface area contributed by atoms with Gasteiger partial charge in [0.2, 0.25) is 0 Å². The lowest BCUT2D eigenvalue weighted by atomic mass is 10.1. The van der Waals surface area contributed by atoms with Gasteiger partial charge in [-0.1, -0.05) is 12.1 Å². The van der Waals surface area contributed by atoms with E-state index in [4.69, 9.17) is 10.00 Å². The molecule has 2 aromatic carbocycles. The number of aliphatic hydroxyl groups excluding tert-OH is 1. The molecular weight excluding hydrogens is 314 g/mol. The first kappa shape index (κ1) is 17.9. The van der Waals surface area contributed by atoms with Crippen molar-refractivity contribution >= 4 is 0 Å². The van der Waals surface area contributed by atoms with Crippen LogP contribution < -0.4 is 10.1 Å². The molecule has 0 bridgehead atoms. The highest BCUT2D eigenvalue weighted by atomic mass is 19.2. The number of hydrogen-bond acceptors (Lipinski definition) is 4. The Bertz CT molecular complexity index is 731. The van der Waals surface area contributed by atoms with Crippen molar-refractivity contribution in [1.29, 1.82) is 5.26 Å². The summed E-state index contributed by atoms with van der Waals surface area (Å²) in [6.45, 7) is 2.12. The Hall–Kier alpha value is -2.49. The first-order valence-electron chi connectivity index (χ1n) is 7.49. The normalized spacial score (nSPS) is 13.1. The summed E-state index contributed by atoms with van der Waals surface area (Å²) >= 11 is 0. The van der Waals surface area contributed by atoms with Crippen LogP contribution in [-0.2, 0) is 0 Å². The van der Waals surface area contributed by atoms with Gasteiger partial charge in [0.15, 0.2) is 11.6 Å². The van der Waals surface area contributed by atoms with Gasteiger partial charge in [-0.15, -0.1) is 0 Å². The van der Waals surface area contributed by atoms with Gasteiger partial charge in [-0.2, -0.15) is 5.26 Å². The topological polar surface area (TPSA) is 65.3 Å². The average Bonchev–Trinajstić information content (AvgIpc) is 2.60. The minimum absolute atomic E-state index is 0.0526. The lowest BCUT2D eigenvalue weighted by Gasteiger charge is -2.18. The van der Waals surface area contributed by atoms with Crippen LogP contribution in [0.5, 0.6) is 5.75 Å². The molecule has 0 aromatic heterocycles. The Morgan fingerprint density at radius 3 is 2.71 bits per heavy atom. The van der Waals surface area contributed by atoms with Crippen molar-refractivity contribution in [1.82, 2.24) is 5.32 Å². The maximum Gasteiger partial charge on any atom is 0.162 e. The smallest absolute Gasteiger partial charge is 0.162 e. The van der Waals surface area contributed by atoms with Crippen LogP contribution >= 0.6 is 0 Å². The first-order chi connectivity index (χ1) is 11.5. The van der Waals surface area contributed by atoms with Gasteiger partial charge in [-0.3, -0.25) is 0 Å². The van der Waals surface area contributed by atoms with Gasteiger partial charge in [0.25, 0.3) is 0 Å². The number of rotatable bonds is 7. The fourth-order valence-electron chi connectivity index (χ4n) is 2.13. The number of benzene rings is 2. The fourth-order valence-corrected chi connectivity index (χ4v) is 2.13. The Labute approximate surface area is 139 Å². The summed E-state index contributed by atoms with van der Waals surface area (Å²) in [6, 6.07) is 12.4. The monoisotopic (exact) mass is 332 g/mol. The maximum absolute atomic E-state index is 13.1. The summed E-state index contributed by atoms with van der Waals surface area (Å²) in [5.41, 5.74) is 1.51. The van der Waals surface area contributed by atoms with Gasteiger partial charge in [-0.25, -0.2) is 8.78 Å². The van der Waals surface area contributed by atoms with Gasteiger partial charge in [-0.05, 0) is 36.8 Å². The van der Waals surface area contributed by atoms with E-state index in [0.717, 1.165) is 17.7 Å². The number of nitrogens with zero attached hydrogens (tertiary/aromatic N) is 1. The van der Waals surface area contributed by atoms with Crippen LogP contribution in [0.3, 0.4) is 0 Å². The molecule has 4 nitrogen and oxygen atoms in total. The molecule has 126 valence electrons. The molecule has 0 radical (unpaired) electrons. The van der Waals surface area contributed by atoms with E-state index in [-0.39, 0.29) is 24.9 Å². The summed E-state index contributed by atoms with van der Waals surface area (Å²) in [5.74, 6) is -1.79. The van der Waals surface area contributed by atoms with E-state index in [1.54, 1.807) is 18.2 Å². The molecule has 2 rings (SSSR count). The molecule has 2 atom stereocenters. The number of halogens is 2. The van der Waals surface area contributed by atoms with E-state index < -0.39 is 17.7 Å². The Morgan fingerprint density at radius 1 is 1.21 bits per heavy atom. The van der Waals surface area contributed by atoms with Crippen LogP contribution in [0.4, 0.5) is 8.78 Å². The van der Waals surface area contributed by atoms with Crippen molar-refractivity contribution in [2.45, 2.75) is 19.1 Å². The van der Waals surface area contributed by atoms with Crippen LogP contribution in [0.2, 0.25) is 0 Å². The van der Waals surface area contributed by atoms with Crippen molar-refractivity contribution in [2.24, 2.45) is 0 Å². The van der Waals surface area contributed by atoms with Crippen molar-refractivity contribution in [2.75, 3.05) is 13.2 Å². The molecule has 0 saturated carbocycles. The van der Waals surface area contributed by atoms with E-state index in [9.17, 15) is 13.9 Å². The van der Waals surface area contributed by atoms with E-state index in [2.05, 4.69) is 11.4 Å². The zero-order chi connectivity index (χ0) is 17.5. The molecule has 0 aliphatic rings. The number of nitriles is 1. The first-order valence-corrected chi connectivity index (χ1v) is 7.49. The second-order valence-electron chi connectivity index (χ2n) is 5.41. The van der Waals surface area contributed by atoms with Crippen LogP contribution in [0.25, 0.3) is 0 Å². The highest BCUT2D eigenvalue weighted by Gasteiger charge is 2.11. The third-order valence-electron chi connectivity index (χ3n) is 3.51. The molecular formula is C18H18F2N2O2. The molecule has 0 aliphatic carbocycles. The van der Waals surface area contributed by atoms with Crippen LogP contribution in [0.1, 0.15) is 24.1 Å². The molecule has 2 N–H and O–H groups in total. The summed E-state index contributed by atoms with van der Waals surface area (Å²) in [7, 11) is 0. The summed E-state index contributed by atoms with van der Waals surface area (Å²) < 4.78 is 31.1. The molecule has 2 aromatic rings. The largest absolute Gasteiger partial charge is 0.491 e. The lowest BCUT2D eigenvalue weighted by molar-refractivity contribution is 0.104. The molecule has 0 saturated heterocycles. The second kappa shape index (κ2) is 8.39. The summed E-state index contributed by atoms with van der Waals surface area (Å²) in [6.07, 6.45) is -0.820. The second-order valence-corrected chi connectivity index (χ2v) is 5.41. The Balaban J connectivity index is 1.80. The van der Waals surface area contributed by atoms with E-state index in [1.807, 2.05) is 13.0 Å². The van der Waals surface area contributed by atoms with Crippen LogP contribution in [-0.4, -0.2) is 24.4 Å². The molecule has 0 spiro atoms. The zero-order valence-electron chi connectivity index (χ0n) is 13.2. The number of hydrogen-bond donors (Lipinski definition) is 2. The molecule has 0 heterocycles. The van der Waals surface area contributed by atoms with Gasteiger partial charge >= 0.3 is 0 Å². The van der Waals surface area contributed by atoms with Crippen molar-refractivity contribution in [3.05, 3.63) is 65.2 Å². The fraction of sp³-hybridized carbons (Fsp3) is 0.278. The third-order valence-corrected chi connectivity index (χ3v) is 3.51. The zero-order valence-corrected chi connectivity index (χ0v) is 13.2.